The van der Waals surface area contributed by atoms with E-state index in [1.54, 1.807) is 42.5 Å². The van der Waals surface area contributed by atoms with Crippen LogP contribution in [-0.4, -0.2) is 42.6 Å². The fraction of sp³-hybridized carbons (Fsp3) is 0.233. The predicted octanol–water partition coefficient (Wildman–Crippen LogP) is 5.96. The van der Waals surface area contributed by atoms with Gasteiger partial charge < -0.3 is 19.3 Å². The zero-order chi connectivity index (χ0) is 27.8. The van der Waals surface area contributed by atoms with Crippen LogP contribution in [0.25, 0.3) is 16.0 Å². The summed E-state index contributed by atoms with van der Waals surface area (Å²) in [5, 5.41) is 11.8. The standard InChI is InChI=1S/C30H28N2O6S/c1-6-38-19-12-10-18(11-13-19)26(33)23-25(20-8-7-9-21(36-4)28(20)37-5)32(29(35)27(23)34)30-31-24-17(3)14-16(2)15-22(24)39-30/h7-15,25,33H,6H2,1-5H3/b26-23+/t25-/m1/s1. The number of aliphatic hydroxyl groups excluding tert-OH is 1. The van der Waals surface area contributed by atoms with E-state index in [0.717, 1.165) is 21.3 Å². The molecule has 3 aromatic carbocycles. The van der Waals surface area contributed by atoms with Crippen molar-refractivity contribution in [3.63, 3.8) is 0 Å². The SMILES string of the molecule is CCOc1ccc(/C(O)=C2\C(=O)C(=O)N(c3nc4c(C)cc(C)cc4s3)[C@@H]2c2cccc(OC)c2OC)cc1. The molecule has 0 radical (unpaired) electrons. The molecule has 1 aliphatic heterocycles. The van der Waals surface area contributed by atoms with Crippen LogP contribution in [0.15, 0.2) is 60.2 Å². The molecule has 5 rings (SSSR count). The quantitative estimate of drug-likeness (QED) is 0.174. The van der Waals surface area contributed by atoms with Gasteiger partial charge in [0, 0.05) is 11.1 Å². The van der Waals surface area contributed by atoms with Gasteiger partial charge >= 0.3 is 5.91 Å². The number of fused-ring (bicyclic) bond motifs is 1. The molecule has 1 aromatic heterocycles. The van der Waals surface area contributed by atoms with Crippen molar-refractivity contribution in [2.24, 2.45) is 0 Å². The van der Waals surface area contributed by atoms with E-state index < -0.39 is 17.7 Å². The van der Waals surface area contributed by atoms with Gasteiger partial charge in [0.2, 0.25) is 0 Å². The highest BCUT2D eigenvalue weighted by molar-refractivity contribution is 7.22. The molecular formula is C30H28N2O6S. The summed E-state index contributed by atoms with van der Waals surface area (Å²) in [5.74, 6) is -0.503. The lowest BCUT2D eigenvalue weighted by Crippen LogP contribution is -2.29. The Kier molecular flexibility index (Phi) is 7.01. The van der Waals surface area contributed by atoms with Gasteiger partial charge in [0.1, 0.15) is 17.6 Å². The molecule has 0 unspecified atom stereocenters. The Bertz CT molecular complexity index is 1620. The minimum Gasteiger partial charge on any atom is -0.507 e. The Morgan fingerprint density at radius 1 is 1.05 bits per heavy atom. The summed E-state index contributed by atoms with van der Waals surface area (Å²) in [6.07, 6.45) is 0. The van der Waals surface area contributed by atoms with Gasteiger partial charge in [0.15, 0.2) is 16.6 Å². The van der Waals surface area contributed by atoms with Crippen molar-refractivity contribution < 1.29 is 28.9 Å². The first-order valence-electron chi connectivity index (χ1n) is 12.4. The molecule has 0 spiro atoms. The number of aryl methyl sites for hydroxylation is 2. The number of nitrogens with zero attached hydrogens (tertiary/aromatic N) is 2. The molecule has 1 N–H and O–H groups in total. The second-order valence-electron chi connectivity index (χ2n) is 9.13. The number of carbonyl (C=O) groups excluding carboxylic acids is 2. The molecule has 0 aliphatic carbocycles. The van der Waals surface area contributed by atoms with Crippen LogP contribution in [0.1, 0.15) is 35.2 Å². The van der Waals surface area contributed by atoms with Crippen molar-refractivity contribution in [1.29, 1.82) is 0 Å². The summed E-state index contributed by atoms with van der Waals surface area (Å²) in [7, 11) is 3.00. The average Bonchev–Trinajstić information content (AvgIpc) is 3.46. The minimum atomic E-state index is -1.01. The Labute approximate surface area is 230 Å². The smallest absolute Gasteiger partial charge is 0.301 e. The topological polar surface area (TPSA) is 98.2 Å². The Morgan fingerprint density at radius 2 is 1.79 bits per heavy atom. The van der Waals surface area contributed by atoms with Crippen LogP contribution in [0, 0.1) is 13.8 Å². The first-order valence-corrected chi connectivity index (χ1v) is 13.2. The van der Waals surface area contributed by atoms with Crippen LogP contribution in [0.5, 0.6) is 17.2 Å². The van der Waals surface area contributed by atoms with Crippen molar-refractivity contribution in [1.82, 2.24) is 4.98 Å². The van der Waals surface area contributed by atoms with Gasteiger partial charge in [-0.1, -0.05) is 29.5 Å². The van der Waals surface area contributed by atoms with Crippen LogP contribution in [0.3, 0.4) is 0 Å². The molecule has 0 saturated carbocycles. The van der Waals surface area contributed by atoms with Crippen molar-refractivity contribution in [2.75, 3.05) is 25.7 Å². The molecule has 4 aromatic rings. The Balaban J connectivity index is 1.76. The molecular weight excluding hydrogens is 516 g/mol. The first kappa shape index (κ1) is 26.2. The summed E-state index contributed by atoms with van der Waals surface area (Å²) in [4.78, 5) is 33.4. The van der Waals surface area contributed by atoms with Crippen molar-refractivity contribution >= 4 is 44.1 Å². The number of anilines is 1. The number of aliphatic hydroxyl groups is 1. The number of Topliss-reactive ketones (excluding diaryl/α,β-unsaturated/α-hetero) is 1. The van der Waals surface area contributed by atoms with Crippen LogP contribution >= 0.6 is 11.3 Å². The molecule has 1 saturated heterocycles. The number of carbonyl (C=O) groups is 2. The van der Waals surface area contributed by atoms with Gasteiger partial charge in [0.05, 0.1) is 36.6 Å². The van der Waals surface area contributed by atoms with Crippen molar-refractivity contribution in [2.45, 2.75) is 26.8 Å². The van der Waals surface area contributed by atoms with Gasteiger partial charge in [-0.15, -0.1) is 0 Å². The number of thiazole rings is 1. The molecule has 8 nitrogen and oxygen atoms in total. The monoisotopic (exact) mass is 544 g/mol. The zero-order valence-corrected chi connectivity index (χ0v) is 23.1. The number of hydrogen-bond donors (Lipinski definition) is 1. The highest BCUT2D eigenvalue weighted by Gasteiger charge is 2.49. The maximum atomic E-state index is 13.7. The Morgan fingerprint density at radius 3 is 2.46 bits per heavy atom. The maximum Gasteiger partial charge on any atom is 0.301 e. The number of benzene rings is 3. The van der Waals surface area contributed by atoms with E-state index in [1.165, 1.54) is 30.5 Å². The van der Waals surface area contributed by atoms with Gasteiger partial charge in [-0.2, -0.15) is 0 Å². The highest BCUT2D eigenvalue weighted by atomic mass is 32.1. The summed E-state index contributed by atoms with van der Waals surface area (Å²) < 4.78 is 17.6. The third kappa shape index (κ3) is 4.48. The largest absolute Gasteiger partial charge is 0.507 e. The van der Waals surface area contributed by atoms with E-state index in [2.05, 4.69) is 0 Å². The number of amides is 1. The van der Waals surface area contributed by atoms with E-state index in [-0.39, 0.29) is 11.3 Å². The number of para-hydroxylation sites is 1. The van der Waals surface area contributed by atoms with Crippen molar-refractivity contribution in [3.05, 3.63) is 82.4 Å². The second kappa shape index (κ2) is 10.4. The normalized spacial score (nSPS) is 16.6. The number of ether oxygens (including phenoxy) is 3. The molecule has 1 atom stereocenters. The van der Waals surface area contributed by atoms with Crippen LogP contribution in [-0.2, 0) is 9.59 Å². The third-order valence-electron chi connectivity index (χ3n) is 6.64. The lowest BCUT2D eigenvalue weighted by Gasteiger charge is -2.25. The second-order valence-corrected chi connectivity index (χ2v) is 10.1. The molecule has 1 amide bonds. The van der Waals surface area contributed by atoms with E-state index in [1.807, 2.05) is 32.9 Å². The fourth-order valence-electron chi connectivity index (χ4n) is 4.94. The highest BCUT2D eigenvalue weighted by Crippen LogP contribution is 2.48. The number of methoxy groups -OCH3 is 2. The number of aromatic nitrogens is 1. The van der Waals surface area contributed by atoms with E-state index in [0.29, 0.717) is 40.1 Å². The molecule has 9 heteroatoms. The average molecular weight is 545 g/mol. The van der Waals surface area contributed by atoms with E-state index in [9.17, 15) is 14.7 Å². The molecule has 1 fully saturated rings. The molecule has 0 bridgehead atoms. The lowest BCUT2D eigenvalue weighted by molar-refractivity contribution is -0.132. The van der Waals surface area contributed by atoms with Gasteiger partial charge in [-0.05, 0) is 68.3 Å². The minimum absolute atomic E-state index is 0.0668. The lowest BCUT2D eigenvalue weighted by atomic mass is 9.94. The number of rotatable bonds is 7. The van der Waals surface area contributed by atoms with Crippen LogP contribution < -0.4 is 19.1 Å². The summed E-state index contributed by atoms with van der Waals surface area (Å²) >= 11 is 1.32. The number of hydrogen-bond acceptors (Lipinski definition) is 8. The third-order valence-corrected chi connectivity index (χ3v) is 7.64. The molecule has 2 heterocycles. The summed E-state index contributed by atoms with van der Waals surface area (Å²) in [6.45, 7) is 6.33. The molecule has 1 aliphatic rings. The number of ketones is 1. The summed E-state index contributed by atoms with van der Waals surface area (Å²) in [5.41, 5.74) is 3.58. The molecule has 200 valence electrons. The van der Waals surface area contributed by atoms with Crippen LogP contribution in [0.2, 0.25) is 0 Å². The first-order chi connectivity index (χ1) is 18.8. The Hall–Kier alpha value is -4.37. The van der Waals surface area contributed by atoms with E-state index in [4.69, 9.17) is 19.2 Å². The molecule has 39 heavy (non-hydrogen) atoms. The predicted molar refractivity (Wildman–Crippen MR) is 151 cm³/mol. The maximum absolute atomic E-state index is 13.7. The van der Waals surface area contributed by atoms with Gasteiger partial charge in [-0.3, -0.25) is 14.5 Å². The zero-order valence-electron chi connectivity index (χ0n) is 22.3. The van der Waals surface area contributed by atoms with Crippen molar-refractivity contribution in [3.8, 4) is 17.2 Å². The fourth-order valence-corrected chi connectivity index (χ4v) is 6.11. The van der Waals surface area contributed by atoms with Crippen LogP contribution in [0.4, 0.5) is 5.13 Å². The van der Waals surface area contributed by atoms with Gasteiger partial charge in [-0.25, -0.2) is 4.98 Å². The van der Waals surface area contributed by atoms with Gasteiger partial charge in [0.25, 0.3) is 5.78 Å². The van der Waals surface area contributed by atoms with E-state index >= 15 is 0 Å². The summed E-state index contributed by atoms with van der Waals surface area (Å²) in [6, 6.07) is 14.9.